The van der Waals surface area contributed by atoms with Gasteiger partial charge >= 0.3 is 0 Å². The van der Waals surface area contributed by atoms with Crippen LogP contribution < -0.4 is 9.62 Å². The average molecular weight is 409 g/mol. The van der Waals surface area contributed by atoms with Crippen LogP contribution >= 0.6 is 11.6 Å². The van der Waals surface area contributed by atoms with E-state index in [0.29, 0.717) is 22.8 Å². The van der Waals surface area contributed by atoms with Gasteiger partial charge < -0.3 is 5.32 Å². The summed E-state index contributed by atoms with van der Waals surface area (Å²) >= 11 is 6.03. The molecule has 7 heteroatoms. The van der Waals surface area contributed by atoms with E-state index < -0.39 is 16.1 Å². The predicted molar refractivity (Wildman–Crippen MR) is 112 cm³/mol. The molecular formula is C20H25ClN2O3S. The minimum Gasteiger partial charge on any atom is -0.324 e. The van der Waals surface area contributed by atoms with E-state index in [1.54, 1.807) is 31.2 Å². The summed E-state index contributed by atoms with van der Waals surface area (Å²) < 4.78 is 26.1. The minimum absolute atomic E-state index is 0.315. The number of aryl methyl sites for hydroxylation is 3. The molecule has 0 saturated heterocycles. The molecule has 0 unspecified atom stereocenters. The van der Waals surface area contributed by atoms with Crippen LogP contribution in [0.1, 0.15) is 30.0 Å². The predicted octanol–water partition coefficient (Wildman–Crippen LogP) is 4.45. The highest BCUT2D eigenvalue weighted by Crippen LogP contribution is 2.27. The van der Waals surface area contributed by atoms with E-state index >= 15 is 0 Å². The summed E-state index contributed by atoms with van der Waals surface area (Å²) in [5.74, 6) is -0.377. The van der Waals surface area contributed by atoms with Crippen LogP contribution in [0.3, 0.4) is 0 Å². The molecule has 5 nitrogen and oxygen atoms in total. The van der Waals surface area contributed by atoms with Gasteiger partial charge in [-0.1, -0.05) is 42.3 Å². The molecule has 146 valence electrons. The van der Waals surface area contributed by atoms with E-state index in [4.69, 9.17) is 11.6 Å². The van der Waals surface area contributed by atoms with Gasteiger partial charge in [0.05, 0.1) is 11.9 Å². The van der Waals surface area contributed by atoms with E-state index in [-0.39, 0.29) is 5.91 Å². The molecule has 0 spiro atoms. The lowest BCUT2D eigenvalue weighted by molar-refractivity contribution is -0.117. The molecule has 27 heavy (non-hydrogen) atoms. The van der Waals surface area contributed by atoms with E-state index in [1.807, 2.05) is 32.9 Å². The van der Waals surface area contributed by atoms with Gasteiger partial charge in [-0.15, -0.1) is 0 Å². The van der Waals surface area contributed by atoms with Crippen molar-refractivity contribution in [1.82, 2.24) is 0 Å². The topological polar surface area (TPSA) is 66.5 Å². The summed E-state index contributed by atoms with van der Waals surface area (Å²) in [6, 6.07) is 9.56. The van der Waals surface area contributed by atoms with Crippen molar-refractivity contribution >= 4 is 38.9 Å². The fourth-order valence-corrected chi connectivity index (χ4v) is 4.65. The number of rotatable bonds is 6. The van der Waals surface area contributed by atoms with Gasteiger partial charge in [0.25, 0.3) is 0 Å². The lowest BCUT2D eigenvalue weighted by Crippen LogP contribution is -2.47. The zero-order valence-corrected chi connectivity index (χ0v) is 17.8. The van der Waals surface area contributed by atoms with E-state index in [1.165, 1.54) is 0 Å². The van der Waals surface area contributed by atoms with Gasteiger partial charge in [0.2, 0.25) is 15.9 Å². The van der Waals surface area contributed by atoms with Crippen molar-refractivity contribution in [1.29, 1.82) is 0 Å². The number of hydrogen-bond donors (Lipinski definition) is 1. The third-order valence-electron chi connectivity index (χ3n) is 4.32. The van der Waals surface area contributed by atoms with Gasteiger partial charge in [0.15, 0.2) is 0 Å². The number of carbonyl (C=O) groups is 1. The number of carbonyl (C=O) groups excluding carboxylic acids is 1. The van der Waals surface area contributed by atoms with Crippen LogP contribution in [0.25, 0.3) is 0 Å². The molecule has 2 rings (SSSR count). The zero-order valence-electron chi connectivity index (χ0n) is 16.2. The van der Waals surface area contributed by atoms with Crippen molar-refractivity contribution in [2.75, 3.05) is 15.9 Å². The average Bonchev–Trinajstić information content (AvgIpc) is 2.54. The summed E-state index contributed by atoms with van der Waals surface area (Å²) in [4.78, 5) is 13.0. The second-order valence-corrected chi connectivity index (χ2v) is 9.02. The van der Waals surface area contributed by atoms with Crippen LogP contribution in [0.2, 0.25) is 5.02 Å². The number of amides is 1. The molecule has 1 atom stereocenters. The van der Waals surface area contributed by atoms with E-state index in [0.717, 1.165) is 27.3 Å². The van der Waals surface area contributed by atoms with Crippen molar-refractivity contribution in [2.24, 2.45) is 0 Å². The van der Waals surface area contributed by atoms with E-state index in [2.05, 4.69) is 5.32 Å². The Morgan fingerprint density at radius 1 is 1.15 bits per heavy atom. The second kappa shape index (κ2) is 8.31. The molecular weight excluding hydrogens is 384 g/mol. The molecule has 0 aromatic heterocycles. The molecule has 1 N–H and O–H groups in total. The fraction of sp³-hybridized carbons (Fsp3) is 0.350. The summed E-state index contributed by atoms with van der Waals surface area (Å²) in [5.41, 5.74) is 4.05. The van der Waals surface area contributed by atoms with Crippen LogP contribution in [0.4, 0.5) is 11.4 Å². The molecule has 1 amide bonds. The Balaban J connectivity index is 2.44. The molecule has 2 aromatic carbocycles. The maximum Gasteiger partial charge on any atom is 0.248 e. The highest BCUT2D eigenvalue weighted by molar-refractivity contribution is 7.92. The molecule has 0 aliphatic carbocycles. The minimum atomic E-state index is -3.70. The third kappa shape index (κ3) is 5.02. The van der Waals surface area contributed by atoms with Gasteiger partial charge in [0.1, 0.15) is 6.04 Å². The molecule has 0 aliphatic rings. The van der Waals surface area contributed by atoms with Gasteiger partial charge in [-0.25, -0.2) is 8.42 Å². The Labute approximate surface area is 166 Å². The zero-order chi connectivity index (χ0) is 20.4. The lowest BCUT2D eigenvalue weighted by atomic mass is 10.0. The summed E-state index contributed by atoms with van der Waals surface area (Å²) in [5, 5.41) is 3.32. The SMILES string of the molecule is CC[C@@H](C(=O)Nc1c(C)cc(C)cc1C)N(c1cccc(Cl)c1)S(C)(=O)=O. The van der Waals surface area contributed by atoms with Crippen LogP contribution in [0.5, 0.6) is 0 Å². The van der Waals surface area contributed by atoms with Crippen LogP contribution in [0.15, 0.2) is 36.4 Å². The number of hydrogen-bond acceptors (Lipinski definition) is 3. The number of halogens is 1. The molecule has 0 fully saturated rings. The van der Waals surface area contributed by atoms with Gasteiger partial charge in [0, 0.05) is 10.7 Å². The maximum absolute atomic E-state index is 13.0. The molecule has 0 bridgehead atoms. The van der Waals surface area contributed by atoms with Crippen molar-refractivity contribution in [2.45, 2.75) is 40.2 Å². The first-order valence-electron chi connectivity index (χ1n) is 8.68. The first-order valence-corrected chi connectivity index (χ1v) is 10.9. The van der Waals surface area contributed by atoms with Gasteiger partial charge in [-0.05, 0) is 56.5 Å². The highest BCUT2D eigenvalue weighted by Gasteiger charge is 2.32. The number of benzene rings is 2. The second-order valence-electron chi connectivity index (χ2n) is 6.73. The summed E-state index contributed by atoms with van der Waals surface area (Å²) in [7, 11) is -3.70. The Morgan fingerprint density at radius 2 is 1.74 bits per heavy atom. The Morgan fingerprint density at radius 3 is 2.22 bits per heavy atom. The molecule has 0 radical (unpaired) electrons. The van der Waals surface area contributed by atoms with Crippen molar-refractivity contribution in [3.05, 3.63) is 58.1 Å². The molecule has 0 heterocycles. The van der Waals surface area contributed by atoms with Crippen LogP contribution in [0, 0.1) is 20.8 Å². The van der Waals surface area contributed by atoms with E-state index in [9.17, 15) is 13.2 Å². The largest absolute Gasteiger partial charge is 0.324 e. The monoisotopic (exact) mass is 408 g/mol. The number of nitrogens with one attached hydrogen (secondary N) is 1. The first kappa shape index (κ1) is 21.3. The number of nitrogens with zero attached hydrogens (tertiary/aromatic N) is 1. The van der Waals surface area contributed by atoms with Gasteiger partial charge in [-0.2, -0.15) is 0 Å². The smallest absolute Gasteiger partial charge is 0.248 e. The van der Waals surface area contributed by atoms with Crippen LogP contribution in [-0.4, -0.2) is 26.6 Å². The summed E-state index contributed by atoms with van der Waals surface area (Å²) in [6.45, 7) is 7.61. The maximum atomic E-state index is 13.0. The fourth-order valence-electron chi connectivity index (χ4n) is 3.26. The number of anilines is 2. The molecule has 0 saturated carbocycles. The third-order valence-corrected chi connectivity index (χ3v) is 5.73. The van der Waals surface area contributed by atoms with Crippen molar-refractivity contribution in [3.8, 4) is 0 Å². The Hall–Kier alpha value is -2.05. The molecule has 0 aliphatic heterocycles. The highest BCUT2D eigenvalue weighted by atomic mass is 35.5. The summed E-state index contributed by atoms with van der Waals surface area (Å²) in [6.07, 6.45) is 1.40. The first-order chi connectivity index (χ1) is 12.5. The van der Waals surface area contributed by atoms with Crippen molar-refractivity contribution < 1.29 is 13.2 Å². The quantitative estimate of drug-likeness (QED) is 0.767. The van der Waals surface area contributed by atoms with Crippen LogP contribution in [-0.2, 0) is 14.8 Å². The normalized spacial score (nSPS) is 12.5. The standard InChI is InChI=1S/C20H25ClN2O3S/c1-6-18(20(24)22-19-14(3)10-13(2)11-15(19)4)23(27(5,25)26)17-9-7-8-16(21)12-17/h7-12,18H,6H2,1-5H3,(H,22,24)/t18-/m0/s1. The molecule has 2 aromatic rings. The van der Waals surface area contributed by atoms with Gasteiger partial charge in [-0.3, -0.25) is 9.10 Å². The number of sulfonamides is 1. The Kier molecular flexibility index (Phi) is 6.54. The lowest BCUT2D eigenvalue weighted by Gasteiger charge is -2.30. The Bertz CT molecular complexity index is 934. The van der Waals surface area contributed by atoms with Crippen molar-refractivity contribution in [3.63, 3.8) is 0 Å².